The number of esters is 1. The maximum atomic E-state index is 11.8. The van der Waals surface area contributed by atoms with Crippen LogP contribution in [0, 0.1) is 5.41 Å². The van der Waals surface area contributed by atoms with Crippen molar-refractivity contribution in [2.75, 3.05) is 6.61 Å². The molecule has 2 aromatic rings. The van der Waals surface area contributed by atoms with Crippen molar-refractivity contribution >= 4 is 12.0 Å². The van der Waals surface area contributed by atoms with E-state index in [-0.39, 0.29) is 5.97 Å². The van der Waals surface area contributed by atoms with Gasteiger partial charge in [-0.25, -0.2) is 9.78 Å². The number of carbonyl (C=O) groups is 1. The molecule has 4 heteroatoms. The number of nitrogens with zero attached hydrogens (tertiary/aromatic N) is 2. The molecule has 0 unspecified atom stereocenters. The van der Waals surface area contributed by atoms with Crippen molar-refractivity contribution in [3.8, 4) is 0 Å². The Morgan fingerprint density at radius 3 is 2.54 bits per heavy atom. The van der Waals surface area contributed by atoms with Crippen molar-refractivity contribution in [1.29, 1.82) is 0 Å². The number of carbonyl (C=O) groups excluding carboxylic acids is 1. The van der Waals surface area contributed by atoms with Crippen LogP contribution >= 0.6 is 0 Å². The van der Waals surface area contributed by atoms with Gasteiger partial charge in [-0.3, -0.25) is 0 Å². The second-order valence-corrected chi connectivity index (χ2v) is 7.79. The molecule has 0 bridgehead atoms. The highest BCUT2D eigenvalue weighted by atomic mass is 16.5. The Morgan fingerprint density at radius 2 is 1.96 bits per heavy atom. The van der Waals surface area contributed by atoms with Gasteiger partial charge >= 0.3 is 5.97 Å². The van der Waals surface area contributed by atoms with Gasteiger partial charge in [0.2, 0.25) is 0 Å². The maximum absolute atomic E-state index is 11.8. The van der Waals surface area contributed by atoms with Gasteiger partial charge in [-0.05, 0) is 54.9 Å². The van der Waals surface area contributed by atoms with Crippen LogP contribution in [-0.4, -0.2) is 22.1 Å². The Morgan fingerprint density at radius 1 is 1.23 bits per heavy atom. The fourth-order valence-corrected chi connectivity index (χ4v) is 2.82. The molecular formula is C22H30N2O2. The number of allylic oxidation sites excluding steroid dienone is 1. The first kappa shape index (κ1) is 20.0. The van der Waals surface area contributed by atoms with Gasteiger partial charge in [-0.1, -0.05) is 39.0 Å². The summed E-state index contributed by atoms with van der Waals surface area (Å²) in [5.74, 6) is -0.271. The van der Waals surface area contributed by atoms with E-state index in [1.807, 2.05) is 43.7 Å². The van der Waals surface area contributed by atoms with Gasteiger partial charge in [-0.2, -0.15) is 0 Å². The number of hydrogen-bond acceptors (Lipinski definition) is 3. The number of hydrogen-bond donors (Lipinski definition) is 0. The van der Waals surface area contributed by atoms with E-state index < -0.39 is 0 Å². The molecule has 0 radical (unpaired) electrons. The zero-order chi connectivity index (χ0) is 19.0. The van der Waals surface area contributed by atoms with Gasteiger partial charge in [0, 0.05) is 18.9 Å². The molecule has 0 N–H and O–H groups in total. The Balaban J connectivity index is 2.10. The summed E-state index contributed by atoms with van der Waals surface area (Å²) in [7, 11) is 0. The van der Waals surface area contributed by atoms with Crippen LogP contribution in [0.1, 0.15) is 62.9 Å². The molecule has 1 heterocycles. The molecule has 140 valence electrons. The molecule has 1 aromatic carbocycles. The average Bonchev–Trinajstić information content (AvgIpc) is 3.07. The predicted octanol–water partition coefficient (Wildman–Crippen LogP) is 5.36. The van der Waals surface area contributed by atoms with Crippen molar-refractivity contribution in [2.24, 2.45) is 5.41 Å². The van der Waals surface area contributed by atoms with Crippen LogP contribution in [0.3, 0.4) is 0 Å². The lowest BCUT2D eigenvalue weighted by Gasteiger charge is -2.18. The van der Waals surface area contributed by atoms with E-state index in [4.69, 9.17) is 4.74 Å². The maximum Gasteiger partial charge on any atom is 0.338 e. The number of aromatic nitrogens is 2. The number of rotatable bonds is 8. The summed E-state index contributed by atoms with van der Waals surface area (Å²) in [6.45, 7) is 9.88. The van der Waals surface area contributed by atoms with E-state index in [9.17, 15) is 4.79 Å². The lowest BCUT2D eigenvalue weighted by Crippen LogP contribution is -2.06. The van der Waals surface area contributed by atoms with E-state index in [1.165, 1.54) is 12.0 Å². The molecule has 0 saturated carbocycles. The molecule has 0 aliphatic rings. The van der Waals surface area contributed by atoms with Gasteiger partial charge in [-0.15, -0.1) is 0 Å². The van der Waals surface area contributed by atoms with Crippen molar-refractivity contribution in [3.05, 3.63) is 59.7 Å². The van der Waals surface area contributed by atoms with E-state index in [0.717, 1.165) is 24.9 Å². The van der Waals surface area contributed by atoms with Crippen LogP contribution in [0.15, 0.2) is 48.6 Å². The molecule has 4 nitrogen and oxygen atoms in total. The van der Waals surface area contributed by atoms with Crippen molar-refractivity contribution in [3.63, 3.8) is 0 Å². The lowest BCUT2D eigenvalue weighted by molar-refractivity contribution is 0.0526. The summed E-state index contributed by atoms with van der Waals surface area (Å²) in [6, 6.07) is 7.61. The molecule has 0 saturated heterocycles. The SMILES string of the molecule is CCOC(=O)c1ccc(C=C(CCCC(C)(C)C)Cn2ccnc2)cc1. The van der Waals surface area contributed by atoms with Crippen LogP contribution < -0.4 is 0 Å². The summed E-state index contributed by atoms with van der Waals surface area (Å²) in [5.41, 5.74) is 3.40. The first-order chi connectivity index (χ1) is 12.4. The van der Waals surface area contributed by atoms with Crippen molar-refractivity contribution < 1.29 is 9.53 Å². The highest BCUT2D eigenvalue weighted by Crippen LogP contribution is 2.24. The Hall–Kier alpha value is -2.36. The highest BCUT2D eigenvalue weighted by Gasteiger charge is 2.11. The molecule has 0 amide bonds. The summed E-state index contributed by atoms with van der Waals surface area (Å²) >= 11 is 0. The minimum Gasteiger partial charge on any atom is -0.462 e. The van der Waals surface area contributed by atoms with Crippen LogP contribution in [0.25, 0.3) is 6.08 Å². The molecule has 2 rings (SSSR count). The van der Waals surface area contributed by atoms with Crippen LogP contribution in [0.4, 0.5) is 0 Å². The number of ether oxygens (including phenoxy) is 1. The largest absolute Gasteiger partial charge is 0.462 e. The minimum absolute atomic E-state index is 0.271. The second-order valence-electron chi connectivity index (χ2n) is 7.79. The summed E-state index contributed by atoms with van der Waals surface area (Å²) in [4.78, 5) is 15.9. The standard InChI is InChI=1S/C22H30N2O2/c1-5-26-21(25)20-10-8-18(9-11-20)15-19(7-6-12-22(2,3)4)16-24-14-13-23-17-24/h8-11,13-15,17H,5-7,12,16H2,1-4H3. The van der Waals surface area contributed by atoms with E-state index in [2.05, 4.69) is 36.4 Å². The first-order valence-electron chi connectivity index (χ1n) is 9.30. The normalized spacial score (nSPS) is 12.2. The van der Waals surface area contributed by atoms with E-state index in [0.29, 0.717) is 17.6 Å². The summed E-state index contributed by atoms with van der Waals surface area (Å²) in [6.07, 6.45) is 11.3. The Labute approximate surface area is 156 Å². The molecule has 0 aliphatic heterocycles. The van der Waals surface area contributed by atoms with Gasteiger partial charge in [0.05, 0.1) is 18.5 Å². The Bertz CT molecular complexity index is 708. The van der Waals surface area contributed by atoms with Gasteiger partial charge in [0.25, 0.3) is 0 Å². The first-order valence-corrected chi connectivity index (χ1v) is 9.30. The topological polar surface area (TPSA) is 44.1 Å². The summed E-state index contributed by atoms with van der Waals surface area (Å²) in [5, 5.41) is 0. The van der Waals surface area contributed by atoms with E-state index in [1.54, 1.807) is 6.20 Å². The molecule has 0 spiro atoms. The molecule has 0 atom stereocenters. The minimum atomic E-state index is -0.271. The second kappa shape index (κ2) is 9.37. The predicted molar refractivity (Wildman–Crippen MR) is 106 cm³/mol. The molecule has 1 aromatic heterocycles. The zero-order valence-corrected chi connectivity index (χ0v) is 16.4. The van der Waals surface area contributed by atoms with Crippen LogP contribution in [0.2, 0.25) is 0 Å². The van der Waals surface area contributed by atoms with E-state index >= 15 is 0 Å². The third-order valence-corrected chi connectivity index (χ3v) is 4.16. The third-order valence-electron chi connectivity index (χ3n) is 4.16. The van der Waals surface area contributed by atoms with Gasteiger partial charge in [0.15, 0.2) is 0 Å². The fourth-order valence-electron chi connectivity index (χ4n) is 2.82. The molecule has 26 heavy (non-hydrogen) atoms. The highest BCUT2D eigenvalue weighted by molar-refractivity contribution is 5.89. The Kier molecular flexibility index (Phi) is 7.19. The molecule has 0 fully saturated rings. The van der Waals surface area contributed by atoms with Crippen molar-refractivity contribution in [2.45, 2.75) is 53.5 Å². The average molecular weight is 354 g/mol. The lowest BCUT2D eigenvalue weighted by atomic mass is 9.88. The molecule has 0 aliphatic carbocycles. The third kappa shape index (κ3) is 6.87. The van der Waals surface area contributed by atoms with Gasteiger partial charge in [0.1, 0.15) is 0 Å². The zero-order valence-electron chi connectivity index (χ0n) is 16.4. The quantitative estimate of drug-likeness (QED) is 0.599. The fraction of sp³-hybridized carbons (Fsp3) is 0.455. The summed E-state index contributed by atoms with van der Waals surface area (Å²) < 4.78 is 7.13. The van der Waals surface area contributed by atoms with Crippen LogP contribution in [0.5, 0.6) is 0 Å². The number of imidazole rings is 1. The molecular weight excluding hydrogens is 324 g/mol. The van der Waals surface area contributed by atoms with Gasteiger partial charge < -0.3 is 9.30 Å². The van der Waals surface area contributed by atoms with Crippen molar-refractivity contribution in [1.82, 2.24) is 9.55 Å². The smallest absolute Gasteiger partial charge is 0.338 e. The monoisotopic (exact) mass is 354 g/mol. The van der Waals surface area contributed by atoms with Crippen LogP contribution in [-0.2, 0) is 11.3 Å². The number of benzene rings is 1.